The van der Waals surface area contributed by atoms with Crippen LogP contribution < -0.4 is 10.1 Å². The number of nitrogens with one attached hydrogen (secondary N) is 1. The van der Waals surface area contributed by atoms with E-state index < -0.39 is 16.1 Å². The van der Waals surface area contributed by atoms with E-state index in [1.807, 2.05) is 37.3 Å². The van der Waals surface area contributed by atoms with E-state index in [-0.39, 0.29) is 29.9 Å². The number of carbonyl (C=O) groups is 2. The van der Waals surface area contributed by atoms with Gasteiger partial charge < -0.3 is 19.7 Å². The van der Waals surface area contributed by atoms with Gasteiger partial charge in [0, 0.05) is 26.2 Å². The Hall–Kier alpha value is -2.95. The van der Waals surface area contributed by atoms with Crippen molar-refractivity contribution in [3.63, 3.8) is 0 Å². The van der Waals surface area contributed by atoms with Gasteiger partial charge in [0.1, 0.15) is 11.8 Å². The molecule has 0 saturated carbocycles. The third-order valence-corrected chi connectivity index (χ3v) is 7.90. The smallest absolute Gasteiger partial charge is 0.261 e. The molecular formula is C26H35N3O6S. The minimum atomic E-state index is -3.61. The van der Waals surface area contributed by atoms with Crippen molar-refractivity contribution in [2.24, 2.45) is 0 Å². The highest BCUT2D eigenvalue weighted by Crippen LogP contribution is 2.21. The molecule has 0 aromatic heterocycles. The van der Waals surface area contributed by atoms with Crippen LogP contribution in [0.5, 0.6) is 5.75 Å². The van der Waals surface area contributed by atoms with Gasteiger partial charge in [-0.25, -0.2) is 8.42 Å². The second kappa shape index (κ2) is 13.4. The van der Waals surface area contributed by atoms with Gasteiger partial charge >= 0.3 is 0 Å². The number of ether oxygens (including phenoxy) is 2. The van der Waals surface area contributed by atoms with Crippen LogP contribution in [0.15, 0.2) is 59.5 Å². The SMILES string of the molecule is CCCCNC(=O)[C@H](C)N(Cc1ccccc1)C(=O)COc1ccc(S(=O)(=O)N2CCOCC2)cc1. The van der Waals surface area contributed by atoms with Crippen molar-refractivity contribution in [1.29, 1.82) is 0 Å². The van der Waals surface area contributed by atoms with Gasteiger partial charge in [-0.2, -0.15) is 4.31 Å². The van der Waals surface area contributed by atoms with Gasteiger partial charge in [-0.1, -0.05) is 43.7 Å². The molecule has 10 heteroatoms. The molecule has 9 nitrogen and oxygen atoms in total. The van der Waals surface area contributed by atoms with Crippen molar-refractivity contribution in [3.8, 4) is 5.75 Å². The third kappa shape index (κ3) is 7.52. The van der Waals surface area contributed by atoms with Crippen LogP contribution in [0.4, 0.5) is 0 Å². The zero-order valence-corrected chi connectivity index (χ0v) is 21.7. The Kier molecular flexibility index (Phi) is 10.3. The largest absolute Gasteiger partial charge is 0.484 e. The van der Waals surface area contributed by atoms with Crippen LogP contribution in [0.3, 0.4) is 0 Å². The van der Waals surface area contributed by atoms with E-state index in [1.165, 1.54) is 33.5 Å². The number of hydrogen-bond donors (Lipinski definition) is 1. The lowest BCUT2D eigenvalue weighted by molar-refractivity contribution is -0.142. The summed E-state index contributed by atoms with van der Waals surface area (Å²) >= 11 is 0. The number of amides is 2. The number of benzene rings is 2. The zero-order valence-electron chi connectivity index (χ0n) is 20.9. The van der Waals surface area contributed by atoms with Crippen LogP contribution in [0.25, 0.3) is 0 Å². The van der Waals surface area contributed by atoms with E-state index in [2.05, 4.69) is 5.32 Å². The molecule has 1 aliphatic heterocycles. The molecule has 2 amide bonds. The molecular weight excluding hydrogens is 482 g/mol. The monoisotopic (exact) mass is 517 g/mol. The Morgan fingerprint density at radius 3 is 2.39 bits per heavy atom. The van der Waals surface area contributed by atoms with Gasteiger partial charge in [-0.15, -0.1) is 0 Å². The van der Waals surface area contributed by atoms with E-state index in [4.69, 9.17) is 9.47 Å². The molecule has 196 valence electrons. The summed E-state index contributed by atoms with van der Waals surface area (Å²) in [5.74, 6) is -0.198. The molecule has 36 heavy (non-hydrogen) atoms. The fourth-order valence-corrected chi connectivity index (χ4v) is 5.18. The number of sulfonamides is 1. The highest BCUT2D eigenvalue weighted by atomic mass is 32.2. The number of rotatable bonds is 12. The van der Waals surface area contributed by atoms with Crippen molar-refractivity contribution in [2.75, 3.05) is 39.5 Å². The van der Waals surface area contributed by atoms with E-state index in [0.717, 1.165) is 18.4 Å². The van der Waals surface area contributed by atoms with Gasteiger partial charge in [0.05, 0.1) is 18.1 Å². The molecule has 3 rings (SSSR count). The Morgan fingerprint density at radius 1 is 1.08 bits per heavy atom. The lowest BCUT2D eigenvalue weighted by Gasteiger charge is -2.28. The molecule has 1 saturated heterocycles. The first-order chi connectivity index (χ1) is 17.3. The molecule has 0 aliphatic carbocycles. The Balaban J connectivity index is 1.65. The first-order valence-electron chi connectivity index (χ1n) is 12.2. The topological polar surface area (TPSA) is 105 Å². The molecule has 1 aliphatic rings. The van der Waals surface area contributed by atoms with Gasteiger partial charge in [-0.05, 0) is 43.2 Å². The van der Waals surface area contributed by atoms with Gasteiger partial charge in [0.25, 0.3) is 5.91 Å². The number of carbonyl (C=O) groups excluding carboxylic acids is 2. The summed E-state index contributed by atoms with van der Waals surface area (Å²) in [5.41, 5.74) is 0.900. The number of morpholine rings is 1. The molecule has 1 fully saturated rings. The standard InChI is InChI=1S/C26H35N3O6S/c1-3-4-14-27-26(31)21(2)29(19-22-8-6-5-7-9-22)25(30)20-35-23-10-12-24(13-11-23)36(32,33)28-15-17-34-18-16-28/h5-13,21H,3-4,14-20H2,1-2H3,(H,27,31)/t21-/m0/s1. The summed E-state index contributed by atoms with van der Waals surface area (Å²) in [6, 6.07) is 14.8. The number of unbranched alkanes of at least 4 members (excludes halogenated alkanes) is 1. The molecule has 1 N–H and O–H groups in total. The average Bonchev–Trinajstić information content (AvgIpc) is 2.91. The Morgan fingerprint density at radius 2 is 1.75 bits per heavy atom. The van der Waals surface area contributed by atoms with Crippen LogP contribution >= 0.6 is 0 Å². The van der Waals surface area contributed by atoms with Gasteiger partial charge in [0.15, 0.2) is 6.61 Å². The fourth-order valence-electron chi connectivity index (χ4n) is 3.77. The minimum absolute atomic E-state index is 0.158. The van der Waals surface area contributed by atoms with Crippen LogP contribution in [-0.2, 0) is 30.9 Å². The Labute approximate surface area is 213 Å². The molecule has 0 radical (unpaired) electrons. The van der Waals surface area contributed by atoms with Crippen LogP contribution in [0.2, 0.25) is 0 Å². The lowest BCUT2D eigenvalue weighted by atomic mass is 10.1. The van der Waals surface area contributed by atoms with E-state index in [1.54, 1.807) is 6.92 Å². The van der Waals surface area contributed by atoms with Crippen molar-refractivity contribution < 1.29 is 27.5 Å². The zero-order chi connectivity index (χ0) is 26.0. The lowest BCUT2D eigenvalue weighted by Crippen LogP contribution is -2.49. The second-order valence-corrected chi connectivity index (χ2v) is 10.5. The van der Waals surface area contributed by atoms with Crippen molar-refractivity contribution in [3.05, 3.63) is 60.2 Å². The quantitative estimate of drug-likeness (QED) is 0.434. The van der Waals surface area contributed by atoms with E-state index in [0.29, 0.717) is 38.6 Å². The summed E-state index contributed by atoms with van der Waals surface area (Å²) in [7, 11) is -3.61. The predicted octanol–water partition coefficient (Wildman–Crippen LogP) is 2.42. The minimum Gasteiger partial charge on any atom is -0.484 e. The molecule has 1 heterocycles. The highest BCUT2D eigenvalue weighted by molar-refractivity contribution is 7.89. The molecule has 0 bridgehead atoms. The second-order valence-electron chi connectivity index (χ2n) is 8.60. The Bertz CT molecular complexity index is 1090. The third-order valence-electron chi connectivity index (χ3n) is 5.99. The van der Waals surface area contributed by atoms with Crippen LogP contribution in [0.1, 0.15) is 32.3 Å². The maximum Gasteiger partial charge on any atom is 0.261 e. The average molecular weight is 518 g/mol. The first kappa shape index (κ1) is 27.6. The maximum atomic E-state index is 13.1. The van der Waals surface area contributed by atoms with Gasteiger partial charge in [0.2, 0.25) is 15.9 Å². The van der Waals surface area contributed by atoms with E-state index in [9.17, 15) is 18.0 Å². The first-order valence-corrected chi connectivity index (χ1v) is 13.7. The molecule has 2 aromatic carbocycles. The highest BCUT2D eigenvalue weighted by Gasteiger charge is 2.28. The molecule has 1 atom stereocenters. The van der Waals surface area contributed by atoms with Crippen molar-refractivity contribution >= 4 is 21.8 Å². The maximum absolute atomic E-state index is 13.1. The normalized spacial score (nSPS) is 15.2. The summed E-state index contributed by atoms with van der Waals surface area (Å²) in [4.78, 5) is 27.5. The van der Waals surface area contributed by atoms with Crippen molar-refractivity contribution in [1.82, 2.24) is 14.5 Å². The van der Waals surface area contributed by atoms with E-state index >= 15 is 0 Å². The van der Waals surface area contributed by atoms with Crippen LogP contribution in [0, 0.1) is 0 Å². The molecule has 0 spiro atoms. The number of nitrogens with zero attached hydrogens (tertiary/aromatic N) is 2. The van der Waals surface area contributed by atoms with Crippen LogP contribution in [-0.4, -0.2) is 74.9 Å². The van der Waals surface area contributed by atoms with Gasteiger partial charge in [-0.3, -0.25) is 9.59 Å². The predicted molar refractivity (Wildman–Crippen MR) is 136 cm³/mol. The molecule has 0 unspecified atom stereocenters. The van der Waals surface area contributed by atoms with Crippen molar-refractivity contribution in [2.45, 2.75) is 44.2 Å². The number of hydrogen-bond acceptors (Lipinski definition) is 6. The fraction of sp³-hybridized carbons (Fsp3) is 0.462. The summed E-state index contributed by atoms with van der Waals surface area (Å²) < 4.78 is 37.9. The summed E-state index contributed by atoms with van der Waals surface area (Å²) in [6.45, 7) is 5.66. The summed E-state index contributed by atoms with van der Waals surface area (Å²) in [6.07, 6.45) is 1.83. The summed E-state index contributed by atoms with van der Waals surface area (Å²) in [5, 5.41) is 2.88. The molecule has 2 aromatic rings.